The van der Waals surface area contributed by atoms with E-state index in [0.29, 0.717) is 77.7 Å². The summed E-state index contributed by atoms with van der Waals surface area (Å²) < 4.78 is 21.9. The topological polar surface area (TPSA) is 146 Å². The molecule has 2 amide bonds. The van der Waals surface area contributed by atoms with Gasteiger partial charge in [-0.25, -0.2) is 9.97 Å². The predicted octanol–water partition coefficient (Wildman–Crippen LogP) is 7.85. The zero-order valence-corrected chi connectivity index (χ0v) is 33.3. The summed E-state index contributed by atoms with van der Waals surface area (Å²) in [4.78, 5) is 38.0. The molecule has 6 aromatic rings. The fraction of sp³-hybridized carbons (Fsp3) is 0.186. The fourth-order valence-electron chi connectivity index (χ4n) is 5.23. The number of nitrogens with one attached hydrogen (secondary N) is 3. The zero-order chi connectivity index (χ0) is 40.2. The molecule has 3 aromatic carbocycles. The first-order valence-corrected chi connectivity index (χ1v) is 19.5. The number of para-hydroxylation sites is 2. The van der Waals surface area contributed by atoms with Gasteiger partial charge in [-0.05, 0) is 72.5 Å². The zero-order valence-electron chi connectivity index (χ0n) is 31.7. The lowest BCUT2D eigenvalue weighted by atomic mass is 10.0. The largest absolute Gasteiger partial charge is 0.492 e. The Morgan fingerprint density at radius 2 is 1.39 bits per heavy atom. The van der Waals surface area contributed by atoms with Crippen LogP contribution in [0, 0.1) is 0 Å². The minimum Gasteiger partial charge on any atom is -0.492 e. The van der Waals surface area contributed by atoms with E-state index >= 15 is 0 Å². The van der Waals surface area contributed by atoms with Crippen LogP contribution < -0.4 is 34.9 Å². The maximum Gasteiger partial charge on any atom is 0.253 e. The van der Waals surface area contributed by atoms with Gasteiger partial charge in [-0.2, -0.15) is 4.98 Å². The molecule has 0 spiro atoms. The molecule has 12 nitrogen and oxygen atoms in total. The number of nitrogens with zero attached hydrogens (tertiary/aromatic N) is 3. The van der Waals surface area contributed by atoms with Gasteiger partial charge in [0, 0.05) is 41.2 Å². The van der Waals surface area contributed by atoms with E-state index in [0.717, 1.165) is 22.1 Å². The molecule has 0 radical (unpaired) electrons. The number of benzene rings is 3. The molecule has 3 N–H and O–H groups in total. The first kappa shape index (κ1) is 41.8. The third-order valence-corrected chi connectivity index (χ3v) is 8.94. The van der Waals surface area contributed by atoms with Gasteiger partial charge in [0.1, 0.15) is 30.5 Å². The molecule has 0 aliphatic heterocycles. The van der Waals surface area contributed by atoms with Gasteiger partial charge in [-0.3, -0.25) is 9.59 Å². The molecule has 57 heavy (non-hydrogen) atoms. The van der Waals surface area contributed by atoms with Crippen LogP contribution in [0.2, 0.25) is 5.02 Å². The van der Waals surface area contributed by atoms with Crippen molar-refractivity contribution in [2.24, 2.45) is 0 Å². The Bertz CT molecular complexity index is 2180. The quantitative estimate of drug-likeness (QED) is 0.0612. The van der Waals surface area contributed by atoms with Crippen molar-refractivity contribution in [2.45, 2.75) is 11.6 Å². The molecule has 294 valence electrons. The van der Waals surface area contributed by atoms with Crippen LogP contribution in [0.4, 0.5) is 5.82 Å². The molecule has 0 aliphatic rings. The Balaban J connectivity index is 0.000000261. The molecule has 0 aliphatic carbocycles. The first-order chi connectivity index (χ1) is 27.9. The number of thioether (sulfide) groups is 1. The number of carbonyl (C=O) groups is 2. The summed E-state index contributed by atoms with van der Waals surface area (Å²) in [6.45, 7) is 2.04. The van der Waals surface area contributed by atoms with E-state index in [-0.39, 0.29) is 11.8 Å². The normalized spacial score (nSPS) is 10.3. The van der Waals surface area contributed by atoms with Gasteiger partial charge < -0.3 is 34.9 Å². The summed E-state index contributed by atoms with van der Waals surface area (Å²) in [5.41, 5.74) is 3.17. The van der Waals surface area contributed by atoms with E-state index in [1.807, 2.05) is 97.3 Å². The van der Waals surface area contributed by atoms with Crippen molar-refractivity contribution in [1.82, 2.24) is 25.6 Å². The number of aromatic nitrogens is 3. The van der Waals surface area contributed by atoms with Crippen LogP contribution in [0.1, 0.15) is 26.3 Å². The van der Waals surface area contributed by atoms with E-state index in [1.165, 1.54) is 20.4 Å². The van der Waals surface area contributed by atoms with Crippen molar-refractivity contribution in [3.05, 3.63) is 149 Å². The molecule has 0 fully saturated rings. The average Bonchev–Trinajstić information content (AvgIpc) is 3.26. The Hall–Kier alpha value is -6.31. The molecular weight excluding hydrogens is 764 g/mol. The lowest BCUT2D eigenvalue weighted by molar-refractivity contribution is 0.0939. The molecule has 3 heterocycles. The summed E-state index contributed by atoms with van der Waals surface area (Å²) in [5.74, 6) is 2.42. The summed E-state index contributed by atoms with van der Waals surface area (Å²) in [6, 6.07) is 35.4. The standard InChI is InChI=1S/C28H27ClN4O4.C15H16N2O2S/c1-35-26-12-11-22(28(33-26)36-2)23-16-25(31-17-19-7-6-8-20(29)15-19)32-18-24(23)27(34)30-13-14-37-21-9-4-3-5-10-21;1-20-14-8-7-12(11-17-14)15(18)16-9-10-19-13-5-3-2-4-6-13/h3-12,15-16,18H,13-14,17H2,1-2H3,(H,30,34)(H,31,32);2-8,11H,9-10H2,1H3,(H,16,18). The third-order valence-electron chi connectivity index (χ3n) is 8.05. The molecular formula is C43H43ClN6O6S. The van der Waals surface area contributed by atoms with Gasteiger partial charge in [-0.1, -0.05) is 60.1 Å². The van der Waals surface area contributed by atoms with Crippen LogP contribution >= 0.6 is 23.4 Å². The van der Waals surface area contributed by atoms with Crippen molar-refractivity contribution in [3.63, 3.8) is 0 Å². The molecule has 3 aromatic heterocycles. The van der Waals surface area contributed by atoms with Crippen LogP contribution in [-0.4, -0.2) is 73.5 Å². The average molecular weight is 807 g/mol. The van der Waals surface area contributed by atoms with Gasteiger partial charge in [-0.15, -0.1) is 11.8 Å². The summed E-state index contributed by atoms with van der Waals surface area (Å²) in [5, 5.41) is 10.5. The fourth-order valence-corrected chi connectivity index (χ4v) is 5.80. The number of carbonyl (C=O) groups excluding carboxylic acids is 2. The van der Waals surface area contributed by atoms with Gasteiger partial charge in [0.25, 0.3) is 11.8 Å². The lowest BCUT2D eigenvalue weighted by Crippen LogP contribution is -2.28. The van der Waals surface area contributed by atoms with Gasteiger partial charge >= 0.3 is 0 Å². The van der Waals surface area contributed by atoms with E-state index < -0.39 is 0 Å². The Labute approximate surface area is 341 Å². The van der Waals surface area contributed by atoms with Crippen LogP contribution in [-0.2, 0) is 6.54 Å². The second-order valence-electron chi connectivity index (χ2n) is 11.9. The Kier molecular flexibility index (Phi) is 16.4. The number of halogens is 1. The smallest absolute Gasteiger partial charge is 0.253 e. The monoisotopic (exact) mass is 806 g/mol. The van der Waals surface area contributed by atoms with Crippen LogP contribution in [0.3, 0.4) is 0 Å². The summed E-state index contributed by atoms with van der Waals surface area (Å²) in [7, 11) is 3.05. The molecule has 0 saturated heterocycles. The number of hydrogen-bond donors (Lipinski definition) is 3. The SMILES string of the molecule is COc1ccc(-c2cc(NCc3cccc(Cl)c3)ncc2C(=O)NCCOc2ccccc2)c(OC)n1.CSc1ccc(C(=O)NCCOc2ccccc2)cn1. The van der Waals surface area contributed by atoms with E-state index in [4.69, 9.17) is 30.5 Å². The highest BCUT2D eigenvalue weighted by atomic mass is 35.5. The van der Waals surface area contributed by atoms with Crippen molar-refractivity contribution >= 4 is 41.0 Å². The van der Waals surface area contributed by atoms with E-state index in [1.54, 1.807) is 42.2 Å². The summed E-state index contributed by atoms with van der Waals surface area (Å²) >= 11 is 7.65. The number of rotatable bonds is 17. The number of anilines is 1. The van der Waals surface area contributed by atoms with Crippen molar-refractivity contribution < 1.29 is 28.5 Å². The molecule has 0 saturated carbocycles. The minimum atomic E-state index is -0.293. The first-order valence-electron chi connectivity index (χ1n) is 17.9. The maximum atomic E-state index is 13.2. The van der Waals surface area contributed by atoms with Gasteiger partial charge in [0.2, 0.25) is 11.8 Å². The van der Waals surface area contributed by atoms with Crippen LogP contribution in [0.25, 0.3) is 11.1 Å². The highest BCUT2D eigenvalue weighted by Crippen LogP contribution is 2.34. The second kappa shape index (κ2) is 22.3. The molecule has 6 rings (SSSR count). The van der Waals surface area contributed by atoms with Gasteiger partial charge in [0.15, 0.2) is 0 Å². The van der Waals surface area contributed by atoms with Crippen molar-refractivity contribution in [1.29, 1.82) is 0 Å². The predicted molar refractivity (Wildman–Crippen MR) is 224 cm³/mol. The van der Waals surface area contributed by atoms with Gasteiger partial charge in [0.05, 0.1) is 43.5 Å². The van der Waals surface area contributed by atoms with Crippen LogP contribution in [0.15, 0.2) is 133 Å². The molecule has 0 atom stereocenters. The lowest BCUT2D eigenvalue weighted by Gasteiger charge is -2.15. The Morgan fingerprint density at radius 1 is 0.702 bits per heavy atom. The molecule has 14 heteroatoms. The van der Waals surface area contributed by atoms with E-state index in [9.17, 15) is 9.59 Å². The third kappa shape index (κ3) is 13.2. The number of ether oxygens (including phenoxy) is 4. The van der Waals surface area contributed by atoms with Crippen molar-refractivity contribution in [2.75, 3.05) is 52.1 Å². The molecule has 0 unspecified atom stereocenters. The molecule has 0 bridgehead atoms. The summed E-state index contributed by atoms with van der Waals surface area (Å²) in [6.07, 6.45) is 5.06. The van der Waals surface area contributed by atoms with E-state index in [2.05, 4.69) is 30.9 Å². The van der Waals surface area contributed by atoms with Crippen molar-refractivity contribution in [3.8, 4) is 34.4 Å². The number of amides is 2. The Morgan fingerprint density at radius 3 is 1.98 bits per heavy atom. The van der Waals surface area contributed by atoms with Crippen LogP contribution in [0.5, 0.6) is 23.3 Å². The second-order valence-corrected chi connectivity index (χ2v) is 13.2. The minimum absolute atomic E-state index is 0.137. The highest BCUT2D eigenvalue weighted by molar-refractivity contribution is 7.98. The number of pyridine rings is 3. The number of hydrogen-bond acceptors (Lipinski definition) is 11. The number of methoxy groups -OCH3 is 2. The highest BCUT2D eigenvalue weighted by Gasteiger charge is 2.19. The maximum absolute atomic E-state index is 13.2.